The lowest BCUT2D eigenvalue weighted by molar-refractivity contribution is 0.0594. The molecule has 0 aliphatic heterocycles. The van der Waals surface area contributed by atoms with E-state index in [0.717, 1.165) is 5.56 Å². The molecule has 13 heavy (non-hydrogen) atoms. The number of pyridine rings is 1. The van der Waals surface area contributed by atoms with Gasteiger partial charge in [-0.2, -0.15) is 0 Å². The van der Waals surface area contributed by atoms with Crippen LogP contribution in [0.2, 0.25) is 0 Å². The highest BCUT2D eigenvalue weighted by Gasteiger charge is 2.04. The maximum atomic E-state index is 10.9. The number of nitrogens with two attached hydrogens (primary N) is 1. The van der Waals surface area contributed by atoms with Gasteiger partial charge in [0.1, 0.15) is 5.69 Å². The fraction of sp³-hybridized carbons (Fsp3) is 0.250. The largest absolute Gasteiger partial charge is 0.464 e. The molecule has 4 nitrogen and oxygen atoms in total. The van der Waals surface area contributed by atoms with Crippen molar-refractivity contribution in [3.8, 4) is 0 Å². The van der Waals surface area contributed by atoms with Crippen molar-refractivity contribution in [3.63, 3.8) is 0 Å². The number of nitrogens with zero attached hydrogens (tertiary/aromatic N) is 1. The number of halogens is 1. The van der Waals surface area contributed by atoms with Gasteiger partial charge in [0.05, 0.1) is 7.11 Å². The SMILES string of the molecule is COC(=O)c1ccc(CN)cn1.Cl. The maximum Gasteiger partial charge on any atom is 0.356 e. The third kappa shape index (κ3) is 3.01. The van der Waals surface area contributed by atoms with Crippen LogP contribution in [0, 0.1) is 0 Å². The third-order valence-electron chi connectivity index (χ3n) is 1.45. The molecule has 0 atom stereocenters. The number of rotatable bonds is 2. The summed E-state index contributed by atoms with van der Waals surface area (Å²) in [6, 6.07) is 3.34. The van der Waals surface area contributed by atoms with Gasteiger partial charge in [-0.1, -0.05) is 6.07 Å². The Morgan fingerprint density at radius 3 is 2.69 bits per heavy atom. The first-order valence-electron chi connectivity index (χ1n) is 3.51. The minimum atomic E-state index is -0.432. The van der Waals surface area contributed by atoms with E-state index in [4.69, 9.17) is 5.73 Å². The van der Waals surface area contributed by atoms with Crippen LogP contribution in [0.3, 0.4) is 0 Å². The van der Waals surface area contributed by atoms with Crippen molar-refractivity contribution >= 4 is 18.4 Å². The molecule has 0 unspecified atom stereocenters. The minimum Gasteiger partial charge on any atom is -0.464 e. The summed E-state index contributed by atoms with van der Waals surface area (Å²) in [5, 5.41) is 0. The normalized spacial score (nSPS) is 8.77. The zero-order valence-electron chi connectivity index (χ0n) is 7.19. The summed E-state index contributed by atoms with van der Waals surface area (Å²) in [6.45, 7) is 0.425. The van der Waals surface area contributed by atoms with Gasteiger partial charge >= 0.3 is 5.97 Å². The highest BCUT2D eigenvalue weighted by Crippen LogP contribution is 2.00. The number of ether oxygens (including phenoxy) is 1. The van der Waals surface area contributed by atoms with Gasteiger partial charge in [-0.3, -0.25) is 0 Å². The predicted octanol–water partition coefficient (Wildman–Crippen LogP) is 0.749. The molecular formula is C8H11ClN2O2. The van der Waals surface area contributed by atoms with Gasteiger partial charge in [-0.15, -0.1) is 12.4 Å². The van der Waals surface area contributed by atoms with Crippen molar-refractivity contribution < 1.29 is 9.53 Å². The number of esters is 1. The molecule has 0 aromatic carbocycles. The van der Waals surface area contributed by atoms with E-state index >= 15 is 0 Å². The molecule has 0 radical (unpaired) electrons. The highest BCUT2D eigenvalue weighted by atomic mass is 35.5. The van der Waals surface area contributed by atoms with Gasteiger partial charge < -0.3 is 10.5 Å². The highest BCUT2D eigenvalue weighted by molar-refractivity contribution is 5.86. The van der Waals surface area contributed by atoms with E-state index in [1.54, 1.807) is 18.3 Å². The molecule has 1 rings (SSSR count). The van der Waals surface area contributed by atoms with Crippen LogP contribution >= 0.6 is 12.4 Å². The van der Waals surface area contributed by atoms with E-state index in [-0.39, 0.29) is 12.4 Å². The van der Waals surface area contributed by atoms with E-state index in [1.165, 1.54) is 7.11 Å². The van der Waals surface area contributed by atoms with E-state index in [0.29, 0.717) is 12.2 Å². The maximum absolute atomic E-state index is 10.9. The van der Waals surface area contributed by atoms with Gasteiger partial charge in [-0.25, -0.2) is 9.78 Å². The summed E-state index contributed by atoms with van der Waals surface area (Å²) in [4.78, 5) is 14.8. The van der Waals surface area contributed by atoms with Gasteiger partial charge in [0, 0.05) is 12.7 Å². The van der Waals surface area contributed by atoms with E-state index in [2.05, 4.69) is 9.72 Å². The summed E-state index contributed by atoms with van der Waals surface area (Å²) in [5.41, 5.74) is 6.54. The Kier molecular flexibility index (Phi) is 5.03. The van der Waals surface area contributed by atoms with Crippen LogP contribution in [0.15, 0.2) is 18.3 Å². The van der Waals surface area contributed by atoms with Crippen molar-refractivity contribution in [1.29, 1.82) is 0 Å². The number of methoxy groups -OCH3 is 1. The van der Waals surface area contributed by atoms with Crippen molar-refractivity contribution in [3.05, 3.63) is 29.6 Å². The van der Waals surface area contributed by atoms with Gasteiger partial charge in [-0.05, 0) is 11.6 Å². The molecule has 0 fully saturated rings. The summed E-state index contributed by atoms with van der Waals surface area (Å²) < 4.78 is 4.48. The molecule has 0 aliphatic rings. The fourth-order valence-electron chi connectivity index (χ4n) is 0.771. The standard InChI is InChI=1S/C8H10N2O2.ClH/c1-12-8(11)7-3-2-6(4-9)5-10-7;/h2-3,5H,4,9H2,1H3;1H. The Morgan fingerprint density at radius 2 is 2.31 bits per heavy atom. The van der Waals surface area contributed by atoms with E-state index in [1.807, 2.05) is 0 Å². The molecule has 1 aromatic rings. The third-order valence-corrected chi connectivity index (χ3v) is 1.45. The molecule has 0 saturated carbocycles. The number of hydrogen-bond acceptors (Lipinski definition) is 4. The molecule has 0 amide bonds. The number of aromatic nitrogens is 1. The smallest absolute Gasteiger partial charge is 0.356 e. The Bertz CT molecular complexity index is 274. The molecule has 1 aromatic heterocycles. The van der Waals surface area contributed by atoms with Crippen molar-refractivity contribution in [2.45, 2.75) is 6.54 Å². The second-order valence-electron chi connectivity index (χ2n) is 2.25. The Balaban J connectivity index is 0.00000144. The number of carbonyl (C=O) groups is 1. The fourth-order valence-corrected chi connectivity index (χ4v) is 0.771. The summed E-state index contributed by atoms with van der Waals surface area (Å²) in [7, 11) is 1.32. The molecule has 0 spiro atoms. The summed E-state index contributed by atoms with van der Waals surface area (Å²) >= 11 is 0. The van der Waals surface area contributed by atoms with Gasteiger partial charge in [0.25, 0.3) is 0 Å². The number of carbonyl (C=O) groups excluding carboxylic acids is 1. The van der Waals surface area contributed by atoms with Crippen LogP contribution in [-0.2, 0) is 11.3 Å². The average Bonchev–Trinajstić information content (AvgIpc) is 2.17. The van der Waals surface area contributed by atoms with Gasteiger partial charge in [0.2, 0.25) is 0 Å². The monoisotopic (exact) mass is 202 g/mol. The van der Waals surface area contributed by atoms with E-state index in [9.17, 15) is 4.79 Å². The van der Waals surface area contributed by atoms with Crippen LogP contribution < -0.4 is 5.73 Å². The molecule has 72 valence electrons. The first kappa shape index (κ1) is 11.9. The molecule has 0 bridgehead atoms. The van der Waals surface area contributed by atoms with Crippen molar-refractivity contribution in [1.82, 2.24) is 4.98 Å². The molecule has 0 saturated heterocycles. The zero-order valence-corrected chi connectivity index (χ0v) is 8.00. The summed E-state index contributed by atoms with van der Waals surface area (Å²) in [5.74, 6) is -0.432. The Hall–Kier alpha value is -1.13. The van der Waals surface area contributed by atoms with Crippen LogP contribution in [0.4, 0.5) is 0 Å². The molecule has 5 heteroatoms. The lowest BCUT2D eigenvalue weighted by Gasteiger charge is -1.98. The average molecular weight is 203 g/mol. The first-order chi connectivity index (χ1) is 5.77. The van der Waals surface area contributed by atoms with Crippen LogP contribution in [0.1, 0.15) is 16.1 Å². The minimum absolute atomic E-state index is 0. The number of hydrogen-bond donors (Lipinski definition) is 1. The molecule has 0 aliphatic carbocycles. The molecular weight excluding hydrogens is 192 g/mol. The second kappa shape index (κ2) is 5.50. The summed E-state index contributed by atoms with van der Waals surface area (Å²) in [6.07, 6.45) is 1.56. The second-order valence-corrected chi connectivity index (χ2v) is 2.25. The topological polar surface area (TPSA) is 65.2 Å². The quantitative estimate of drug-likeness (QED) is 0.719. The van der Waals surface area contributed by atoms with E-state index < -0.39 is 5.97 Å². The molecule has 1 heterocycles. The lowest BCUT2D eigenvalue weighted by atomic mass is 10.2. The lowest BCUT2D eigenvalue weighted by Crippen LogP contribution is -2.05. The van der Waals surface area contributed by atoms with Crippen molar-refractivity contribution in [2.75, 3.05) is 7.11 Å². The first-order valence-corrected chi connectivity index (χ1v) is 3.51. The molecule has 2 N–H and O–H groups in total. The van der Waals surface area contributed by atoms with Crippen LogP contribution in [0.25, 0.3) is 0 Å². The predicted molar refractivity (Wildman–Crippen MR) is 50.7 cm³/mol. The van der Waals surface area contributed by atoms with Gasteiger partial charge in [0.15, 0.2) is 0 Å². The Labute approximate surface area is 82.5 Å². The Morgan fingerprint density at radius 1 is 1.62 bits per heavy atom. The van der Waals surface area contributed by atoms with Crippen molar-refractivity contribution in [2.24, 2.45) is 5.73 Å². The van der Waals surface area contributed by atoms with Crippen LogP contribution in [0.5, 0.6) is 0 Å². The van der Waals surface area contributed by atoms with Crippen LogP contribution in [-0.4, -0.2) is 18.1 Å². The zero-order chi connectivity index (χ0) is 8.97.